The average Bonchev–Trinajstić information content (AvgIpc) is 2.92. The van der Waals surface area contributed by atoms with Crippen LogP contribution in [0.2, 0.25) is 0 Å². The van der Waals surface area contributed by atoms with Crippen molar-refractivity contribution in [2.75, 3.05) is 49.1 Å². The third-order valence-electron chi connectivity index (χ3n) is 7.02. The highest BCUT2D eigenvalue weighted by atomic mass is 16.5. The van der Waals surface area contributed by atoms with E-state index in [1.54, 1.807) is 6.20 Å². The monoisotopic (exact) mass is 467 g/mol. The molecule has 0 radical (unpaired) electrons. The van der Waals surface area contributed by atoms with E-state index in [9.17, 15) is 5.26 Å². The molecule has 0 unspecified atom stereocenters. The average molecular weight is 468 g/mol. The summed E-state index contributed by atoms with van der Waals surface area (Å²) in [5, 5.41) is 17.5. The molecule has 3 aliphatic heterocycles. The fourth-order valence-corrected chi connectivity index (χ4v) is 5.36. The summed E-state index contributed by atoms with van der Waals surface area (Å²) in [7, 11) is 0. The molecular weight excluding hydrogens is 438 g/mol. The number of aromatic nitrogens is 1. The molecule has 2 atom stereocenters. The van der Waals surface area contributed by atoms with Crippen molar-refractivity contribution in [1.29, 1.82) is 5.26 Å². The van der Waals surface area contributed by atoms with Crippen LogP contribution in [0.5, 0.6) is 0 Å². The number of hydrogen-bond acceptors (Lipinski definition) is 8. The largest absolute Gasteiger partial charge is 0.367 e. The Morgan fingerprint density at radius 3 is 2.77 bits per heavy atom. The molecule has 35 heavy (non-hydrogen) atoms. The Bertz CT molecular complexity index is 1320. The van der Waals surface area contributed by atoms with Crippen molar-refractivity contribution in [1.82, 2.24) is 15.6 Å². The van der Waals surface area contributed by atoms with Gasteiger partial charge in [-0.25, -0.2) is 4.99 Å². The van der Waals surface area contributed by atoms with Crippen LogP contribution in [-0.4, -0.2) is 62.3 Å². The van der Waals surface area contributed by atoms with Crippen molar-refractivity contribution in [3.8, 4) is 6.07 Å². The summed E-state index contributed by atoms with van der Waals surface area (Å²) in [5.41, 5.74) is 5.89. The fourth-order valence-electron chi connectivity index (χ4n) is 5.36. The molecule has 6 rings (SSSR count). The Kier molecular flexibility index (Phi) is 5.72. The van der Waals surface area contributed by atoms with Crippen LogP contribution in [0.3, 0.4) is 0 Å². The first-order valence-corrected chi connectivity index (χ1v) is 12.3. The Morgan fingerprint density at radius 1 is 1.03 bits per heavy atom. The topological polar surface area (TPSA) is 88.8 Å². The zero-order chi connectivity index (χ0) is 23.8. The van der Waals surface area contributed by atoms with Gasteiger partial charge in [0.2, 0.25) is 0 Å². The molecule has 8 nitrogen and oxygen atoms in total. The molecule has 2 fully saturated rings. The summed E-state index contributed by atoms with van der Waals surface area (Å²) in [5.74, 6) is 0.882. The van der Waals surface area contributed by atoms with Crippen molar-refractivity contribution in [3.05, 3.63) is 59.8 Å². The van der Waals surface area contributed by atoms with Crippen LogP contribution >= 0.6 is 0 Å². The van der Waals surface area contributed by atoms with E-state index in [1.165, 1.54) is 11.3 Å². The number of anilines is 2. The van der Waals surface area contributed by atoms with E-state index in [0.717, 1.165) is 67.4 Å². The Balaban J connectivity index is 1.33. The highest BCUT2D eigenvalue weighted by Gasteiger charge is 2.32. The van der Waals surface area contributed by atoms with E-state index in [4.69, 9.17) is 9.73 Å². The van der Waals surface area contributed by atoms with Crippen LogP contribution in [0.15, 0.2) is 53.7 Å². The molecule has 2 aromatic carbocycles. The number of nitrogens with one attached hydrogen (secondary N) is 2. The van der Waals surface area contributed by atoms with Gasteiger partial charge in [-0.3, -0.25) is 4.98 Å². The second-order valence-electron chi connectivity index (χ2n) is 9.36. The quantitative estimate of drug-likeness (QED) is 0.612. The predicted octanol–water partition coefficient (Wildman–Crippen LogP) is 2.94. The molecule has 0 spiro atoms. The Morgan fingerprint density at radius 2 is 1.91 bits per heavy atom. The van der Waals surface area contributed by atoms with Crippen LogP contribution in [0.25, 0.3) is 10.9 Å². The van der Waals surface area contributed by atoms with Crippen molar-refractivity contribution in [2.45, 2.75) is 25.7 Å². The summed E-state index contributed by atoms with van der Waals surface area (Å²) < 4.78 is 6.41. The van der Waals surface area contributed by atoms with E-state index in [0.29, 0.717) is 12.1 Å². The zero-order valence-corrected chi connectivity index (χ0v) is 19.9. The van der Waals surface area contributed by atoms with Gasteiger partial charge >= 0.3 is 0 Å². The smallest absolute Gasteiger partial charge is 0.134 e. The number of morpholine rings is 1. The maximum Gasteiger partial charge on any atom is 0.134 e. The summed E-state index contributed by atoms with van der Waals surface area (Å²) in [4.78, 5) is 14.4. The third kappa shape index (κ3) is 4.07. The van der Waals surface area contributed by atoms with E-state index in [-0.39, 0.29) is 12.2 Å². The van der Waals surface area contributed by atoms with Crippen molar-refractivity contribution in [3.63, 3.8) is 0 Å². The third-order valence-corrected chi connectivity index (χ3v) is 7.02. The molecule has 2 saturated heterocycles. The molecule has 0 aliphatic carbocycles. The SMILES string of the molecule is C[C@@H]1CN(c2ccc(C#N)c3ncccc23)C[C@H](C2=Nc3c(cccc3N3CCNCC3)CN2)O1. The fraction of sp³-hybridized carbons (Fsp3) is 0.370. The van der Waals surface area contributed by atoms with E-state index in [2.05, 4.69) is 56.6 Å². The molecule has 3 aliphatic rings. The maximum atomic E-state index is 9.53. The minimum absolute atomic E-state index is 0.0328. The van der Waals surface area contributed by atoms with Crippen LogP contribution in [0, 0.1) is 11.3 Å². The molecule has 2 N–H and O–H groups in total. The number of pyridine rings is 1. The summed E-state index contributed by atoms with van der Waals surface area (Å²) in [6.07, 6.45) is 1.60. The first-order valence-electron chi connectivity index (χ1n) is 12.3. The highest BCUT2D eigenvalue weighted by Crippen LogP contribution is 2.36. The number of rotatable bonds is 3. The molecule has 4 heterocycles. The minimum atomic E-state index is -0.176. The molecule has 0 bridgehead atoms. The molecule has 8 heteroatoms. The number of para-hydroxylation sites is 1. The molecule has 0 saturated carbocycles. The molecule has 3 aromatic rings. The lowest BCUT2D eigenvalue weighted by Gasteiger charge is -2.40. The van der Waals surface area contributed by atoms with Gasteiger partial charge in [-0.05, 0) is 42.8 Å². The lowest BCUT2D eigenvalue weighted by Crippen LogP contribution is -2.53. The van der Waals surface area contributed by atoms with Crippen LogP contribution in [-0.2, 0) is 11.3 Å². The maximum absolute atomic E-state index is 9.53. The first kappa shape index (κ1) is 21.8. The number of nitrogens with zero attached hydrogens (tertiary/aromatic N) is 5. The van der Waals surface area contributed by atoms with E-state index >= 15 is 0 Å². The highest BCUT2D eigenvalue weighted by molar-refractivity contribution is 5.97. The normalized spacial score (nSPS) is 22.2. The van der Waals surface area contributed by atoms with Gasteiger partial charge in [0.15, 0.2) is 0 Å². The number of benzene rings is 2. The summed E-state index contributed by atoms with van der Waals surface area (Å²) in [6.45, 7) is 8.24. The van der Waals surface area contributed by atoms with Gasteiger partial charge in [0, 0.05) is 56.5 Å². The first-order chi connectivity index (χ1) is 17.2. The van der Waals surface area contributed by atoms with Crippen LogP contribution in [0.4, 0.5) is 17.1 Å². The molecular formula is C27H29N7O. The van der Waals surface area contributed by atoms with Crippen molar-refractivity contribution in [2.24, 2.45) is 4.99 Å². The molecule has 178 valence electrons. The van der Waals surface area contributed by atoms with Crippen LogP contribution < -0.4 is 20.4 Å². The molecule has 1 aromatic heterocycles. The van der Waals surface area contributed by atoms with Gasteiger partial charge < -0.3 is 25.2 Å². The standard InChI is InChI=1S/C27H29N7O/c1-18-16-34(22-8-7-19(14-28)25-21(22)5-3-9-30-25)17-24(35-18)27-31-15-20-4-2-6-23(26(20)32-27)33-12-10-29-11-13-33/h2-9,18,24,29H,10-13,15-17H2,1H3,(H,31,32)/t18-,24-/m1/s1. The number of piperazine rings is 1. The van der Waals surface area contributed by atoms with Gasteiger partial charge in [-0.1, -0.05) is 12.1 Å². The lowest BCUT2D eigenvalue weighted by atomic mass is 10.0. The summed E-state index contributed by atoms with van der Waals surface area (Å²) >= 11 is 0. The Hall–Kier alpha value is -3.67. The van der Waals surface area contributed by atoms with Gasteiger partial charge in [0.05, 0.1) is 35.1 Å². The number of amidine groups is 1. The zero-order valence-electron chi connectivity index (χ0n) is 19.9. The minimum Gasteiger partial charge on any atom is -0.367 e. The van der Waals surface area contributed by atoms with E-state index in [1.807, 2.05) is 24.3 Å². The second kappa shape index (κ2) is 9.17. The lowest BCUT2D eigenvalue weighted by molar-refractivity contribution is 0.0188. The van der Waals surface area contributed by atoms with Gasteiger partial charge in [-0.15, -0.1) is 0 Å². The van der Waals surface area contributed by atoms with Gasteiger partial charge in [-0.2, -0.15) is 5.26 Å². The number of aliphatic imine (C=N–C) groups is 1. The number of hydrogen-bond donors (Lipinski definition) is 2. The Labute approximate surface area is 205 Å². The predicted molar refractivity (Wildman–Crippen MR) is 138 cm³/mol. The van der Waals surface area contributed by atoms with Crippen LogP contribution in [0.1, 0.15) is 18.1 Å². The number of ether oxygens (including phenoxy) is 1. The number of nitriles is 1. The van der Waals surface area contributed by atoms with E-state index < -0.39 is 0 Å². The second-order valence-corrected chi connectivity index (χ2v) is 9.36. The van der Waals surface area contributed by atoms with Gasteiger partial charge in [0.1, 0.15) is 18.0 Å². The molecule has 0 amide bonds. The number of fused-ring (bicyclic) bond motifs is 2. The van der Waals surface area contributed by atoms with Gasteiger partial charge in [0.25, 0.3) is 0 Å². The van der Waals surface area contributed by atoms with Crippen molar-refractivity contribution >= 4 is 33.8 Å². The summed E-state index contributed by atoms with van der Waals surface area (Å²) in [6, 6.07) is 16.6. The van der Waals surface area contributed by atoms with Crippen molar-refractivity contribution < 1.29 is 4.74 Å².